The van der Waals surface area contributed by atoms with E-state index in [1.165, 1.54) is 0 Å². The SMILES string of the molecule is CC1CCN(C(=O)c2ccc(Cl)o2)c2ccccc2S1. The number of furan rings is 1. The molecule has 1 aromatic heterocycles. The van der Waals surface area contributed by atoms with E-state index >= 15 is 0 Å². The predicted molar refractivity (Wildman–Crippen MR) is 81.8 cm³/mol. The predicted octanol–water partition coefficient (Wildman–Crippen LogP) is 4.46. The van der Waals surface area contributed by atoms with Crippen LogP contribution in [0.15, 0.2) is 45.7 Å². The summed E-state index contributed by atoms with van der Waals surface area (Å²) in [4.78, 5) is 15.5. The van der Waals surface area contributed by atoms with Gasteiger partial charge in [0.05, 0.1) is 5.69 Å². The number of rotatable bonds is 1. The Balaban J connectivity index is 1.99. The third-order valence-corrected chi connectivity index (χ3v) is 4.71. The van der Waals surface area contributed by atoms with Gasteiger partial charge in [-0.3, -0.25) is 4.79 Å². The van der Waals surface area contributed by atoms with E-state index in [1.807, 2.05) is 18.2 Å². The first-order valence-corrected chi connectivity index (χ1v) is 7.74. The summed E-state index contributed by atoms with van der Waals surface area (Å²) in [6.07, 6.45) is 0.944. The van der Waals surface area contributed by atoms with Gasteiger partial charge in [0, 0.05) is 16.7 Å². The van der Waals surface area contributed by atoms with Crippen LogP contribution >= 0.6 is 23.4 Å². The van der Waals surface area contributed by atoms with E-state index in [2.05, 4.69) is 13.0 Å². The molecule has 3 nitrogen and oxygen atoms in total. The third-order valence-electron chi connectivity index (χ3n) is 3.27. The van der Waals surface area contributed by atoms with Crippen LogP contribution < -0.4 is 4.90 Å². The second kappa shape index (κ2) is 5.54. The smallest absolute Gasteiger partial charge is 0.294 e. The number of amides is 1. The van der Waals surface area contributed by atoms with E-state index in [4.69, 9.17) is 16.0 Å². The second-order valence-electron chi connectivity index (χ2n) is 4.75. The Morgan fingerprint density at radius 1 is 1.35 bits per heavy atom. The number of carbonyl (C=O) groups excluding carboxylic acids is 1. The van der Waals surface area contributed by atoms with Crippen molar-refractivity contribution >= 4 is 35.0 Å². The molecule has 1 atom stereocenters. The number of halogens is 1. The minimum atomic E-state index is -0.140. The highest BCUT2D eigenvalue weighted by Crippen LogP contribution is 2.37. The zero-order valence-corrected chi connectivity index (χ0v) is 12.6. The van der Waals surface area contributed by atoms with E-state index in [0.717, 1.165) is 17.0 Å². The number of thioether (sulfide) groups is 1. The molecule has 3 rings (SSSR count). The molecule has 0 bridgehead atoms. The highest BCUT2D eigenvalue weighted by molar-refractivity contribution is 8.00. The number of nitrogens with zero attached hydrogens (tertiary/aromatic N) is 1. The van der Waals surface area contributed by atoms with Crippen LogP contribution in [-0.4, -0.2) is 17.7 Å². The molecule has 1 aliphatic heterocycles. The first-order valence-electron chi connectivity index (χ1n) is 6.48. The number of hydrogen-bond acceptors (Lipinski definition) is 3. The van der Waals surface area contributed by atoms with Crippen LogP contribution in [0.2, 0.25) is 5.22 Å². The molecule has 1 aliphatic rings. The van der Waals surface area contributed by atoms with E-state index in [1.54, 1.807) is 28.8 Å². The van der Waals surface area contributed by atoms with Gasteiger partial charge in [0.2, 0.25) is 0 Å². The molecule has 0 spiro atoms. The number of anilines is 1. The Morgan fingerprint density at radius 3 is 2.90 bits per heavy atom. The maximum Gasteiger partial charge on any atom is 0.294 e. The van der Waals surface area contributed by atoms with Crippen molar-refractivity contribution in [2.45, 2.75) is 23.5 Å². The molecular weight excluding hydrogens is 294 g/mol. The molecule has 0 fully saturated rings. The Bertz CT molecular complexity index is 640. The molecule has 5 heteroatoms. The van der Waals surface area contributed by atoms with Gasteiger partial charge in [-0.15, -0.1) is 11.8 Å². The first-order chi connectivity index (χ1) is 9.65. The van der Waals surface area contributed by atoms with Gasteiger partial charge in [0.15, 0.2) is 11.0 Å². The van der Waals surface area contributed by atoms with Crippen LogP contribution in [0, 0.1) is 0 Å². The fraction of sp³-hybridized carbons (Fsp3) is 0.267. The largest absolute Gasteiger partial charge is 0.440 e. The van der Waals surface area contributed by atoms with E-state index in [-0.39, 0.29) is 16.9 Å². The highest BCUT2D eigenvalue weighted by Gasteiger charge is 2.26. The molecule has 0 saturated heterocycles. The summed E-state index contributed by atoms with van der Waals surface area (Å²) < 4.78 is 5.25. The van der Waals surface area contributed by atoms with Crippen LogP contribution in [-0.2, 0) is 0 Å². The standard InChI is InChI=1S/C15H14ClNO2S/c1-10-8-9-17(11-4-2-3-5-13(11)20-10)15(18)12-6-7-14(16)19-12/h2-7,10H,8-9H2,1H3. The number of benzene rings is 1. The molecule has 0 saturated carbocycles. The molecule has 20 heavy (non-hydrogen) atoms. The lowest BCUT2D eigenvalue weighted by atomic mass is 10.2. The number of para-hydroxylation sites is 1. The minimum Gasteiger partial charge on any atom is -0.440 e. The molecule has 0 aliphatic carbocycles. The molecule has 104 valence electrons. The summed E-state index contributed by atoms with van der Waals surface area (Å²) in [6.45, 7) is 2.86. The van der Waals surface area contributed by atoms with Gasteiger partial charge in [-0.2, -0.15) is 0 Å². The van der Waals surface area contributed by atoms with Gasteiger partial charge < -0.3 is 9.32 Å². The summed E-state index contributed by atoms with van der Waals surface area (Å²) in [7, 11) is 0. The second-order valence-corrected chi connectivity index (χ2v) is 6.60. The monoisotopic (exact) mass is 307 g/mol. The summed E-state index contributed by atoms with van der Waals surface area (Å²) in [5, 5.41) is 0.716. The molecular formula is C15H14ClNO2S. The Kier molecular flexibility index (Phi) is 3.76. The third kappa shape index (κ3) is 2.58. The van der Waals surface area contributed by atoms with Crippen molar-refractivity contribution in [2.24, 2.45) is 0 Å². The van der Waals surface area contributed by atoms with Gasteiger partial charge in [0.1, 0.15) is 0 Å². The number of carbonyl (C=O) groups is 1. The van der Waals surface area contributed by atoms with E-state index < -0.39 is 0 Å². The number of fused-ring (bicyclic) bond motifs is 1. The molecule has 2 heterocycles. The Hall–Kier alpha value is -1.39. The van der Waals surface area contributed by atoms with Crippen molar-refractivity contribution in [1.29, 1.82) is 0 Å². The lowest BCUT2D eigenvalue weighted by Crippen LogP contribution is -2.31. The van der Waals surface area contributed by atoms with Crippen molar-refractivity contribution < 1.29 is 9.21 Å². The summed E-state index contributed by atoms with van der Waals surface area (Å²) >= 11 is 7.56. The molecule has 0 N–H and O–H groups in total. The average molecular weight is 308 g/mol. The van der Waals surface area contributed by atoms with Gasteiger partial charge in [-0.1, -0.05) is 19.1 Å². The van der Waals surface area contributed by atoms with Gasteiger partial charge >= 0.3 is 0 Å². The van der Waals surface area contributed by atoms with Gasteiger partial charge in [-0.05, 0) is 42.3 Å². The summed E-state index contributed by atoms with van der Waals surface area (Å²) in [6, 6.07) is 11.2. The quantitative estimate of drug-likeness (QED) is 0.779. The maximum absolute atomic E-state index is 12.6. The zero-order valence-electron chi connectivity index (χ0n) is 11.0. The van der Waals surface area contributed by atoms with E-state index in [0.29, 0.717) is 11.8 Å². The Morgan fingerprint density at radius 2 is 2.15 bits per heavy atom. The van der Waals surface area contributed by atoms with Crippen molar-refractivity contribution in [3.05, 3.63) is 47.4 Å². The maximum atomic E-state index is 12.6. The number of hydrogen-bond donors (Lipinski definition) is 0. The van der Waals surface area contributed by atoms with Crippen molar-refractivity contribution in [3.8, 4) is 0 Å². The van der Waals surface area contributed by atoms with Gasteiger partial charge in [-0.25, -0.2) is 0 Å². The summed E-state index contributed by atoms with van der Waals surface area (Å²) in [5.41, 5.74) is 0.944. The van der Waals surface area contributed by atoms with Crippen LogP contribution in [0.5, 0.6) is 0 Å². The lowest BCUT2D eigenvalue weighted by molar-refractivity contribution is 0.0960. The van der Waals surface area contributed by atoms with Crippen molar-refractivity contribution in [2.75, 3.05) is 11.4 Å². The van der Waals surface area contributed by atoms with Crippen LogP contribution in [0.25, 0.3) is 0 Å². The van der Waals surface area contributed by atoms with Crippen molar-refractivity contribution in [3.63, 3.8) is 0 Å². The van der Waals surface area contributed by atoms with Crippen LogP contribution in [0.1, 0.15) is 23.9 Å². The fourth-order valence-electron chi connectivity index (χ4n) is 2.26. The molecule has 1 unspecified atom stereocenters. The highest BCUT2D eigenvalue weighted by atomic mass is 35.5. The summed E-state index contributed by atoms with van der Waals surface area (Å²) in [5.74, 6) is 0.142. The van der Waals surface area contributed by atoms with Crippen molar-refractivity contribution in [1.82, 2.24) is 0 Å². The molecule has 1 amide bonds. The Labute approximate surface area is 126 Å². The normalized spacial score (nSPS) is 18.5. The zero-order chi connectivity index (χ0) is 14.1. The molecule has 2 aromatic rings. The van der Waals surface area contributed by atoms with E-state index in [9.17, 15) is 4.79 Å². The lowest BCUT2D eigenvalue weighted by Gasteiger charge is -2.21. The average Bonchev–Trinajstić information content (AvgIpc) is 2.79. The molecule has 0 radical (unpaired) electrons. The fourth-order valence-corrected chi connectivity index (χ4v) is 3.52. The molecule has 1 aromatic carbocycles. The van der Waals surface area contributed by atoms with Crippen LogP contribution in [0.3, 0.4) is 0 Å². The topological polar surface area (TPSA) is 33.5 Å². The van der Waals surface area contributed by atoms with Gasteiger partial charge in [0.25, 0.3) is 5.91 Å². The first kappa shape index (κ1) is 13.6. The van der Waals surface area contributed by atoms with Crippen LogP contribution in [0.4, 0.5) is 5.69 Å². The minimum absolute atomic E-state index is 0.140.